The van der Waals surface area contributed by atoms with E-state index in [0.29, 0.717) is 24.0 Å². The molecule has 0 spiro atoms. The van der Waals surface area contributed by atoms with Gasteiger partial charge in [-0.25, -0.2) is 4.79 Å². The van der Waals surface area contributed by atoms with Crippen LogP contribution in [0.1, 0.15) is 62.6 Å². The summed E-state index contributed by atoms with van der Waals surface area (Å²) in [5.74, 6) is 1.24. The number of thiophene rings is 1. The SMILES string of the molecule is CCOc1ccccc1NC(=O)N[C@@H](CCC(C)C)c1c(-n2cccc2)sc2c1CCN(CC)C2. The number of para-hydroxylation sites is 2. The fourth-order valence-corrected chi connectivity index (χ4v) is 6.13. The number of amides is 2. The van der Waals surface area contributed by atoms with Crippen LogP contribution >= 0.6 is 11.3 Å². The van der Waals surface area contributed by atoms with E-state index in [0.717, 1.165) is 38.9 Å². The number of urea groups is 1. The first-order valence-electron chi connectivity index (χ1n) is 12.8. The number of hydrogen-bond acceptors (Lipinski definition) is 4. The molecule has 1 aliphatic heterocycles. The first-order chi connectivity index (χ1) is 17.0. The number of ether oxygens (including phenoxy) is 1. The normalized spacial score (nSPS) is 14.5. The second kappa shape index (κ2) is 11.8. The summed E-state index contributed by atoms with van der Waals surface area (Å²) in [6.07, 6.45) is 7.17. The minimum absolute atomic E-state index is 0.0674. The standard InChI is InChI=1S/C28H38N4O2S/c1-5-31-18-15-21-25(19-31)35-27(32-16-9-10-17-32)26(21)23(14-13-20(3)4)30-28(33)29-22-11-7-8-12-24(22)34-6-2/h7-12,16-17,20,23H,5-6,13-15,18-19H2,1-4H3,(H2,29,30,33)/t23-/m0/s1. The predicted molar refractivity (Wildman–Crippen MR) is 145 cm³/mol. The Bertz CT molecular complexity index is 1110. The number of aromatic nitrogens is 1. The van der Waals surface area contributed by atoms with Crippen LogP contribution in [0.3, 0.4) is 0 Å². The van der Waals surface area contributed by atoms with Gasteiger partial charge in [0.05, 0.1) is 18.3 Å². The van der Waals surface area contributed by atoms with Gasteiger partial charge in [-0.05, 0) is 68.5 Å². The van der Waals surface area contributed by atoms with Crippen molar-refractivity contribution in [3.05, 3.63) is 64.8 Å². The molecular formula is C28H38N4O2S. The number of carbonyl (C=O) groups excluding carboxylic acids is 1. The molecule has 188 valence electrons. The Morgan fingerprint density at radius 3 is 2.60 bits per heavy atom. The molecular weight excluding hydrogens is 456 g/mol. The Hall–Kier alpha value is -2.77. The number of fused-ring (bicyclic) bond motifs is 1. The van der Waals surface area contributed by atoms with E-state index in [9.17, 15) is 4.79 Å². The lowest BCUT2D eigenvalue weighted by atomic mass is 9.92. The van der Waals surface area contributed by atoms with Crippen molar-refractivity contribution in [2.45, 2.75) is 59.5 Å². The maximum absolute atomic E-state index is 13.3. The van der Waals surface area contributed by atoms with Crippen LogP contribution in [0.15, 0.2) is 48.8 Å². The van der Waals surface area contributed by atoms with Gasteiger partial charge >= 0.3 is 6.03 Å². The summed E-state index contributed by atoms with van der Waals surface area (Å²) >= 11 is 1.87. The Kier molecular flexibility index (Phi) is 8.52. The monoisotopic (exact) mass is 494 g/mol. The van der Waals surface area contributed by atoms with Gasteiger partial charge in [0.15, 0.2) is 0 Å². The summed E-state index contributed by atoms with van der Waals surface area (Å²) in [5.41, 5.74) is 3.39. The number of benzene rings is 1. The summed E-state index contributed by atoms with van der Waals surface area (Å²) in [6.45, 7) is 12.3. The van der Waals surface area contributed by atoms with Crippen LogP contribution in [0.5, 0.6) is 5.75 Å². The highest BCUT2D eigenvalue weighted by atomic mass is 32.1. The minimum Gasteiger partial charge on any atom is -0.492 e. The third kappa shape index (κ3) is 6.08. The molecule has 2 amide bonds. The molecule has 3 heterocycles. The van der Waals surface area contributed by atoms with E-state index >= 15 is 0 Å². The van der Waals surface area contributed by atoms with Gasteiger partial charge in [-0.3, -0.25) is 4.90 Å². The van der Waals surface area contributed by atoms with Crippen molar-refractivity contribution in [3.63, 3.8) is 0 Å². The highest BCUT2D eigenvalue weighted by molar-refractivity contribution is 7.15. The van der Waals surface area contributed by atoms with Crippen LogP contribution in [-0.2, 0) is 13.0 Å². The van der Waals surface area contributed by atoms with E-state index in [2.05, 4.69) is 65.4 Å². The molecule has 4 rings (SSSR count). The minimum atomic E-state index is -0.199. The molecule has 7 heteroatoms. The van der Waals surface area contributed by atoms with Crippen molar-refractivity contribution in [2.24, 2.45) is 5.92 Å². The summed E-state index contributed by atoms with van der Waals surface area (Å²) in [4.78, 5) is 17.2. The van der Waals surface area contributed by atoms with Gasteiger partial charge in [0.1, 0.15) is 10.8 Å². The van der Waals surface area contributed by atoms with E-state index in [-0.39, 0.29) is 12.1 Å². The number of nitrogens with one attached hydrogen (secondary N) is 2. The maximum atomic E-state index is 13.3. The molecule has 1 aromatic carbocycles. The third-order valence-electron chi connectivity index (χ3n) is 6.56. The van der Waals surface area contributed by atoms with Gasteiger partial charge in [-0.15, -0.1) is 11.3 Å². The van der Waals surface area contributed by atoms with Gasteiger partial charge in [-0.1, -0.05) is 32.9 Å². The van der Waals surface area contributed by atoms with Crippen LogP contribution in [0.25, 0.3) is 5.00 Å². The Labute approximate surface area is 213 Å². The molecule has 2 N–H and O–H groups in total. The molecule has 3 aromatic rings. The lowest BCUT2D eigenvalue weighted by Crippen LogP contribution is -2.35. The van der Waals surface area contributed by atoms with Crippen molar-refractivity contribution in [3.8, 4) is 10.8 Å². The number of hydrogen-bond donors (Lipinski definition) is 2. The molecule has 2 aromatic heterocycles. The average molecular weight is 495 g/mol. The summed E-state index contributed by atoms with van der Waals surface area (Å²) in [5, 5.41) is 7.61. The quantitative estimate of drug-likeness (QED) is 0.333. The highest BCUT2D eigenvalue weighted by Crippen LogP contribution is 2.41. The van der Waals surface area contributed by atoms with Gasteiger partial charge in [0.2, 0.25) is 0 Å². The lowest BCUT2D eigenvalue weighted by molar-refractivity contribution is 0.246. The van der Waals surface area contributed by atoms with Crippen LogP contribution in [0.4, 0.5) is 10.5 Å². The van der Waals surface area contributed by atoms with Crippen molar-refractivity contribution < 1.29 is 9.53 Å². The smallest absolute Gasteiger partial charge is 0.319 e. The van der Waals surface area contributed by atoms with Crippen LogP contribution in [-0.4, -0.2) is 35.2 Å². The molecule has 0 saturated heterocycles. The number of carbonyl (C=O) groups is 1. The zero-order valence-corrected chi connectivity index (χ0v) is 22.2. The van der Waals surface area contributed by atoms with Crippen LogP contribution in [0.2, 0.25) is 0 Å². The largest absolute Gasteiger partial charge is 0.492 e. The summed E-state index contributed by atoms with van der Waals surface area (Å²) in [6, 6.07) is 11.5. The fourth-order valence-electron chi connectivity index (χ4n) is 4.71. The maximum Gasteiger partial charge on any atom is 0.319 e. The molecule has 1 aliphatic rings. The van der Waals surface area contributed by atoms with E-state index < -0.39 is 0 Å². The lowest BCUT2D eigenvalue weighted by Gasteiger charge is -2.28. The van der Waals surface area contributed by atoms with Gasteiger partial charge < -0.3 is 19.9 Å². The van der Waals surface area contributed by atoms with E-state index in [1.165, 1.54) is 21.0 Å². The second-order valence-electron chi connectivity index (χ2n) is 9.48. The summed E-state index contributed by atoms with van der Waals surface area (Å²) in [7, 11) is 0. The van der Waals surface area contributed by atoms with Crippen molar-refractivity contribution in [1.29, 1.82) is 0 Å². The molecule has 35 heavy (non-hydrogen) atoms. The molecule has 0 fully saturated rings. The third-order valence-corrected chi connectivity index (χ3v) is 7.81. The topological polar surface area (TPSA) is 58.5 Å². The molecule has 0 bridgehead atoms. The van der Waals surface area contributed by atoms with Crippen molar-refractivity contribution in [2.75, 3.05) is 25.0 Å². The number of likely N-dealkylation sites (N-methyl/N-ethyl adjacent to an activating group) is 1. The number of rotatable bonds is 10. The van der Waals surface area contributed by atoms with Crippen molar-refractivity contribution in [1.82, 2.24) is 14.8 Å². The number of anilines is 1. The van der Waals surface area contributed by atoms with Crippen LogP contribution in [0, 0.1) is 5.92 Å². The van der Waals surface area contributed by atoms with Crippen LogP contribution < -0.4 is 15.4 Å². The van der Waals surface area contributed by atoms with E-state index in [1.54, 1.807) is 0 Å². The molecule has 6 nitrogen and oxygen atoms in total. The molecule has 1 atom stereocenters. The molecule has 0 saturated carbocycles. The Morgan fingerprint density at radius 1 is 1.11 bits per heavy atom. The van der Waals surface area contributed by atoms with Crippen molar-refractivity contribution >= 4 is 23.1 Å². The van der Waals surface area contributed by atoms with Gasteiger partial charge in [0, 0.05) is 35.9 Å². The highest BCUT2D eigenvalue weighted by Gasteiger charge is 2.30. The first-order valence-corrected chi connectivity index (χ1v) is 13.6. The second-order valence-corrected chi connectivity index (χ2v) is 10.6. The first kappa shape index (κ1) is 25.3. The molecule has 0 aliphatic carbocycles. The molecule has 0 radical (unpaired) electrons. The fraction of sp³-hybridized carbons (Fsp3) is 0.464. The predicted octanol–water partition coefficient (Wildman–Crippen LogP) is 6.61. The number of nitrogens with zero attached hydrogens (tertiary/aromatic N) is 2. The van der Waals surface area contributed by atoms with Gasteiger partial charge in [-0.2, -0.15) is 0 Å². The average Bonchev–Trinajstić information content (AvgIpc) is 3.50. The van der Waals surface area contributed by atoms with E-state index in [1.807, 2.05) is 42.5 Å². The molecule has 0 unspecified atom stereocenters. The summed E-state index contributed by atoms with van der Waals surface area (Å²) < 4.78 is 7.92. The van der Waals surface area contributed by atoms with Gasteiger partial charge in [0.25, 0.3) is 0 Å². The zero-order chi connectivity index (χ0) is 24.8. The Balaban J connectivity index is 1.66. The Morgan fingerprint density at radius 2 is 1.89 bits per heavy atom. The van der Waals surface area contributed by atoms with E-state index in [4.69, 9.17) is 4.74 Å². The zero-order valence-electron chi connectivity index (χ0n) is 21.3.